The molecule has 2 aromatic rings. The number of nitrogens with zero attached hydrogens (tertiary/aromatic N) is 3. The third-order valence-corrected chi connectivity index (χ3v) is 8.61. The number of hydrogen-bond donors (Lipinski definition) is 1. The maximum absolute atomic E-state index is 12.9. The summed E-state index contributed by atoms with van der Waals surface area (Å²) in [6.07, 6.45) is 10.6. The summed E-state index contributed by atoms with van der Waals surface area (Å²) in [6, 6.07) is 5.92. The Labute approximate surface area is 189 Å². The van der Waals surface area contributed by atoms with Crippen LogP contribution in [0, 0.1) is 36.0 Å². The lowest BCUT2D eigenvalue weighted by molar-refractivity contribution is -0.125. The Morgan fingerprint density at radius 1 is 1.22 bits per heavy atom. The lowest BCUT2D eigenvalue weighted by atomic mass is 9.88. The van der Waals surface area contributed by atoms with Gasteiger partial charge in [0.2, 0.25) is 11.9 Å². The maximum Gasteiger partial charge on any atom is 0.226 e. The molecule has 1 aromatic heterocycles. The van der Waals surface area contributed by atoms with Crippen LogP contribution in [-0.2, 0) is 4.79 Å². The monoisotopic (exact) mass is 432 g/mol. The van der Waals surface area contributed by atoms with E-state index in [9.17, 15) is 4.79 Å². The summed E-state index contributed by atoms with van der Waals surface area (Å²) in [5.74, 6) is 4.02. The molecular formula is C26H32N4O2. The van der Waals surface area contributed by atoms with Crippen molar-refractivity contribution in [1.29, 1.82) is 0 Å². The predicted octanol–water partition coefficient (Wildman–Crippen LogP) is 3.88. The average molecular weight is 433 g/mol. The number of anilines is 1. The molecule has 0 radical (unpaired) electrons. The summed E-state index contributed by atoms with van der Waals surface area (Å²) in [7, 11) is 1.67. The van der Waals surface area contributed by atoms with Gasteiger partial charge in [0.25, 0.3) is 0 Å². The zero-order valence-corrected chi connectivity index (χ0v) is 19.0. The number of piperidine rings is 1. The van der Waals surface area contributed by atoms with Gasteiger partial charge in [-0.05, 0) is 74.3 Å². The van der Waals surface area contributed by atoms with Crippen molar-refractivity contribution in [2.45, 2.75) is 39.0 Å². The molecule has 2 heterocycles. The van der Waals surface area contributed by atoms with Crippen molar-refractivity contribution < 1.29 is 9.53 Å². The molecule has 4 aliphatic rings. The van der Waals surface area contributed by atoms with E-state index in [0.29, 0.717) is 17.3 Å². The van der Waals surface area contributed by atoms with Crippen LogP contribution in [-0.4, -0.2) is 42.6 Å². The molecule has 1 N–H and O–H groups in total. The average Bonchev–Trinajstić information content (AvgIpc) is 3.49. The minimum atomic E-state index is 0.0944. The summed E-state index contributed by atoms with van der Waals surface area (Å²) in [5.41, 5.74) is 2.48. The van der Waals surface area contributed by atoms with Gasteiger partial charge in [0.15, 0.2) is 0 Å². The van der Waals surface area contributed by atoms with Crippen molar-refractivity contribution in [1.82, 2.24) is 15.3 Å². The number of ether oxygens (including phenoxy) is 1. The van der Waals surface area contributed by atoms with Crippen molar-refractivity contribution in [3.63, 3.8) is 0 Å². The highest BCUT2D eigenvalue weighted by Crippen LogP contribution is 2.69. The Kier molecular flexibility index (Phi) is 4.67. The number of aryl methyl sites for hydroxylation is 1. The van der Waals surface area contributed by atoms with Gasteiger partial charge in [0.1, 0.15) is 5.75 Å². The molecule has 1 saturated heterocycles. The zero-order chi connectivity index (χ0) is 21.9. The van der Waals surface area contributed by atoms with E-state index in [0.717, 1.165) is 66.7 Å². The van der Waals surface area contributed by atoms with E-state index in [1.54, 1.807) is 7.11 Å². The number of amides is 1. The number of aromatic nitrogens is 2. The van der Waals surface area contributed by atoms with E-state index in [-0.39, 0.29) is 11.8 Å². The highest BCUT2D eigenvalue weighted by Gasteiger charge is 2.62. The Morgan fingerprint density at radius 2 is 2.03 bits per heavy atom. The first-order valence-corrected chi connectivity index (χ1v) is 12.1. The fourth-order valence-electron chi connectivity index (χ4n) is 6.59. The van der Waals surface area contributed by atoms with Crippen LogP contribution in [0.25, 0.3) is 10.9 Å². The predicted molar refractivity (Wildman–Crippen MR) is 125 cm³/mol. The van der Waals surface area contributed by atoms with Crippen molar-refractivity contribution in [3.05, 3.63) is 36.0 Å². The molecular weight excluding hydrogens is 400 g/mol. The second-order valence-electron chi connectivity index (χ2n) is 10.2. The number of allylic oxidation sites excluding steroid dienone is 2. The van der Waals surface area contributed by atoms with E-state index in [1.165, 1.54) is 19.3 Å². The van der Waals surface area contributed by atoms with Gasteiger partial charge in [0, 0.05) is 37.0 Å². The first-order chi connectivity index (χ1) is 15.6. The quantitative estimate of drug-likeness (QED) is 0.727. The van der Waals surface area contributed by atoms with E-state index < -0.39 is 0 Å². The van der Waals surface area contributed by atoms with Gasteiger partial charge in [-0.3, -0.25) is 4.79 Å². The molecule has 32 heavy (non-hydrogen) atoms. The second kappa shape index (κ2) is 7.46. The molecule has 2 bridgehead atoms. The first-order valence-electron chi connectivity index (χ1n) is 12.1. The Balaban J connectivity index is 1.06. The minimum absolute atomic E-state index is 0.0944. The molecule has 168 valence electrons. The third kappa shape index (κ3) is 3.18. The summed E-state index contributed by atoms with van der Waals surface area (Å²) in [6.45, 7) is 4.50. The molecule has 6 nitrogen and oxygen atoms in total. The highest BCUT2D eigenvalue weighted by atomic mass is 16.5. The fraction of sp³-hybridized carbons (Fsp3) is 0.577. The van der Waals surface area contributed by atoms with Crippen LogP contribution in [0.15, 0.2) is 30.4 Å². The van der Waals surface area contributed by atoms with E-state index >= 15 is 0 Å². The molecule has 1 aromatic carbocycles. The van der Waals surface area contributed by atoms with Crippen LogP contribution in [0.2, 0.25) is 0 Å². The zero-order valence-electron chi connectivity index (χ0n) is 19.0. The molecule has 1 spiro atoms. The number of benzene rings is 1. The molecule has 6 rings (SSSR count). The smallest absolute Gasteiger partial charge is 0.226 e. The van der Waals surface area contributed by atoms with Gasteiger partial charge in [-0.15, -0.1) is 0 Å². The number of carbonyl (C=O) groups excluding carboxylic acids is 1. The SMILES string of the molecule is COc1ccc2c(C)nc(N3CCC(C(=O)NC[C@@H]4C[C@H]5C=C[C@H]4C54CC4)CC3)nc2c1. The molecule has 2 saturated carbocycles. The third-order valence-electron chi connectivity index (χ3n) is 8.61. The van der Waals surface area contributed by atoms with Crippen LogP contribution in [0.3, 0.4) is 0 Å². The summed E-state index contributed by atoms with van der Waals surface area (Å²) in [4.78, 5) is 24.6. The van der Waals surface area contributed by atoms with Crippen molar-refractivity contribution in [2.24, 2.45) is 29.1 Å². The van der Waals surface area contributed by atoms with Crippen LogP contribution < -0.4 is 15.0 Å². The van der Waals surface area contributed by atoms with Gasteiger partial charge in [0.05, 0.1) is 18.3 Å². The maximum atomic E-state index is 12.9. The number of rotatable bonds is 5. The van der Waals surface area contributed by atoms with E-state index in [4.69, 9.17) is 14.7 Å². The van der Waals surface area contributed by atoms with E-state index in [2.05, 4.69) is 22.4 Å². The fourth-order valence-corrected chi connectivity index (χ4v) is 6.59. The van der Waals surface area contributed by atoms with E-state index in [1.807, 2.05) is 25.1 Å². The summed E-state index contributed by atoms with van der Waals surface area (Å²) in [5, 5.41) is 4.36. The van der Waals surface area contributed by atoms with Gasteiger partial charge in [-0.2, -0.15) is 0 Å². The number of methoxy groups -OCH3 is 1. The molecule has 6 heteroatoms. The summed E-state index contributed by atoms with van der Waals surface area (Å²) >= 11 is 0. The number of nitrogens with one attached hydrogen (secondary N) is 1. The molecule has 3 atom stereocenters. The largest absolute Gasteiger partial charge is 0.497 e. The van der Waals surface area contributed by atoms with Gasteiger partial charge in [-0.25, -0.2) is 9.97 Å². The summed E-state index contributed by atoms with van der Waals surface area (Å²) < 4.78 is 5.36. The van der Waals surface area contributed by atoms with Crippen LogP contribution in [0.1, 0.15) is 37.8 Å². The molecule has 1 aliphatic heterocycles. The van der Waals surface area contributed by atoms with Gasteiger partial charge < -0.3 is 15.0 Å². The van der Waals surface area contributed by atoms with Gasteiger partial charge in [-0.1, -0.05) is 12.2 Å². The minimum Gasteiger partial charge on any atom is -0.497 e. The molecule has 0 unspecified atom stereocenters. The number of fused-ring (bicyclic) bond motifs is 1. The highest BCUT2D eigenvalue weighted by molar-refractivity contribution is 5.83. The molecule has 3 fully saturated rings. The number of carbonyl (C=O) groups is 1. The first kappa shape index (κ1) is 20.0. The number of hydrogen-bond acceptors (Lipinski definition) is 5. The second-order valence-corrected chi connectivity index (χ2v) is 10.2. The standard InChI is InChI=1S/C26H32N4O2/c1-16-21-5-4-20(32-2)14-23(21)29-25(28-16)30-11-7-17(8-12-30)24(31)27-15-18-13-19-3-6-22(18)26(19)9-10-26/h3-6,14,17-19,22H,7-13,15H2,1-2H3,(H,27,31)/t18-,19+,22+/m0/s1. The lowest BCUT2D eigenvalue weighted by Gasteiger charge is -2.32. The Bertz CT molecular complexity index is 1080. The Hall–Kier alpha value is -2.63. The van der Waals surface area contributed by atoms with Crippen molar-refractivity contribution >= 4 is 22.8 Å². The topological polar surface area (TPSA) is 67.3 Å². The van der Waals surface area contributed by atoms with Crippen LogP contribution in [0.4, 0.5) is 5.95 Å². The molecule has 1 amide bonds. The van der Waals surface area contributed by atoms with Crippen LogP contribution in [0.5, 0.6) is 5.75 Å². The lowest BCUT2D eigenvalue weighted by Crippen LogP contribution is -2.42. The van der Waals surface area contributed by atoms with Crippen molar-refractivity contribution in [2.75, 3.05) is 31.6 Å². The van der Waals surface area contributed by atoms with Crippen molar-refractivity contribution in [3.8, 4) is 5.75 Å². The molecule has 3 aliphatic carbocycles. The van der Waals surface area contributed by atoms with Gasteiger partial charge >= 0.3 is 0 Å². The normalized spacial score (nSPS) is 27.9. The van der Waals surface area contributed by atoms with Crippen LogP contribution >= 0.6 is 0 Å². The Morgan fingerprint density at radius 3 is 2.75 bits per heavy atom.